The predicted molar refractivity (Wildman–Crippen MR) is 75.3 cm³/mol. The number of hydrogen-bond acceptors (Lipinski definition) is 6. The Hall–Kier alpha value is -1.62. The molecule has 0 saturated carbocycles. The molecule has 0 atom stereocenters. The maximum atomic E-state index is 12.0. The van der Waals surface area contributed by atoms with Crippen molar-refractivity contribution in [1.82, 2.24) is 9.71 Å². The third-order valence-electron chi connectivity index (χ3n) is 2.08. The summed E-state index contributed by atoms with van der Waals surface area (Å²) in [5.41, 5.74) is 10.3. The van der Waals surface area contributed by atoms with Crippen molar-refractivity contribution in [3.8, 4) is 0 Å². The minimum Gasteiger partial charge on any atom is -0.388 e. The van der Waals surface area contributed by atoms with Crippen molar-refractivity contribution in [2.45, 2.75) is 4.90 Å². The summed E-state index contributed by atoms with van der Waals surface area (Å²) in [5.74, 6) is -0.629. The van der Waals surface area contributed by atoms with Crippen molar-refractivity contribution in [3.63, 3.8) is 0 Å². The minimum atomic E-state index is -3.81. The van der Waals surface area contributed by atoms with E-state index in [1.807, 2.05) is 0 Å². The fraction of sp³-hybridized carbons (Fsp3) is 0.300. The Morgan fingerprint density at radius 3 is 2.75 bits per heavy atom. The van der Waals surface area contributed by atoms with Gasteiger partial charge >= 0.3 is 0 Å². The van der Waals surface area contributed by atoms with Gasteiger partial charge in [-0.2, -0.15) is 0 Å². The van der Waals surface area contributed by atoms with Gasteiger partial charge in [0.15, 0.2) is 0 Å². The second kappa shape index (κ2) is 7.24. The van der Waals surface area contributed by atoms with Crippen LogP contribution < -0.4 is 16.2 Å². The van der Waals surface area contributed by atoms with Gasteiger partial charge in [-0.3, -0.25) is 9.78 Å². The molecule has 1 amide bonds. The van der Waals surface area contributed by atoms with Gasteiger partial charge in [-0.05, 0) is 12.1 Å². The molecule has 0 bridgehead atoms. The molecule has 5 N–H and O–H groups in total. The van der Waals surface area contributed by atoms with Crippen LogP contribution in [-0.2, 0) is 19.6 Å². The summed E-state index contributed by atoms with van der Waals surface area (Å²) < 4.78 is 31.2. The van der Waals surface area contributed by atoms with Crippen LogP contribution in [0.4, 0.5) is 0 Å². The molecular formula is C10H14N4O4S2. The highest BCUT2D eigenvalue weighted by molar-refractivity contribution is 7.89. The molecular weight excluding hydrogens is 304 g/mol. The van der Waals surface area contributed by atoms with Crippen LogP contribution in [0.2, 0.25) is 0 Å². The highest BCUT2D eigenvalue weighted by Gasteiger charge is 2.20. The summed E-state index contributed by atoms with van der Waals surface area (Å²) in [6, 6.07) is 2.80. The van der Waals surface area contributed by atoms with E-state index in [1.165, 1.54) is 18.3 Å². The van der Waals surface area contributed by atoms with E-state index in [2.05, 4.69) is 9.71 Å². The SMILES string of the molecule is NC(=O)COCCNS(=O)(=O)c1cccnc1C(N)=S. The summed E-state index contributed by atoms with van der Waals surface area (Å²) in [7, 11) is -3.81. The van der Waals surface area contributed by atoms with Gasteiger partial charge in [0.05, 0.1) is 6.61 Å². The van der Waals surface area contributed by atoms with Crippen LogP contribution in [0.1, 0.15) is 5.69 Å². The Morgan fingerprint density at radius 1 is 1.45 bits per heavy atom. The average molecular weight is 318 g/mol. The number of carbonyl (C=O) groups is 1. The Labute approximate surface area is 121 Å². The molecule has 1 aromatic rings. The lowest BCUT2D eigenvalue weighted by Crippen LogP contribution is -2.30. The summed E-state index contributed by atoms with van der Waals surface area (Å²) >= 11 is 4.75. The summed E-state index contributed by atoms with van der Waals surface area (Å²) in [6.45, 7) is -0.293. The summed E-state index contributed by atoms with van der Waals surface area (Å²) in [4.78, 5) is 14.0. The molecule has 1 heterocycles. The van der Waals surface area contributed by atoms with Gasteiger partial charge in [-0.15, -0.1) is 0 Å². The first-order valence-corrected chi connectivity index (χ1v) is 7.34. The molecule has 1 aromatic heterocycles. The van der Waals surface area contributed by atoms with Crippen LogP contribution in [0.25, 0.3) is 0 Å². The highest BCUT2D eigenvalue weighted by atomic mass is 32.2. The van der Waals surface area contributed by atoms with E-state index < -0.39 is 15.9 Å². The first-order chi connectivity index (χ1) is 9.34. The molecule has 0 spiro atoms. The van der Waals surface area contributed by atoms with Crippen LogP contribution in [0.3, 0.4) is 0 Å². The van der Waals surface area contributed by atoms with E-state index >= 15 is 0 Å². The van der Waals surface area contributed by atoms with Gasteiger partial charge in [0.25, 0.3) is 0 Å². The fourth-order valence-corrected chi connectivity index (χ4v) is 2.70. The highest BCUT2D eigenvalue weighted by Crippen LogP contribution is 2.12. The minimum absolute atomic E-state index is 0.00480. The molecule has 20 heavy (non-hydrogen) atoms. The quantitative estimate of drug-likeness (QED) is 0.391. The molecule has 0 fully saturated rings. The number of nitrogens with one attached hydrogen (secondary N) is 1. The van der Waals surface area contributed by atoms with Crippen LogP contribution in [-0.4, -0.2) is 44.1 Å². The lowest BCUT2D eigenvalue weighted by atomic mass is 10.3. The van der Waals surface area contributed by atoms with Gasteiger partial charge in [0.2, 0.25) is 15.9 Å². The van der Waals surface area contributed by atoms with Crippen molar-refractivity contribution in [3.05, 3.63) is 24.0 Å². The number of hydrogen-bond donors (Lipinski definition) is 3. The Bertz CT molecular complexity index is 603. The van der Waals surface area contributed by atoms with Crippen molar-refractivity contribution in [2.75, 3.05) is 19.8 Å². The molecule has 1 rings (SSSR count). The zero-order valence-corrected chi connectivity index (χ0v) is 12.0. The third kappa shape index (κ3) is 4.81. The average Bonchev–Trinajstić information content (AvgIpc) is 2.37. The Balaban J connectivity index is 2.70. The molecule has 110 valence electrons. The van der Waals surface area contributed by atoms with E-state index in [1.54, 1.807) is 0 Å². The standard InChI is InChI=1S/C10H14N4O4S2/c11-8(15)6-18-5-4-14-20(16,17)7-2-1-3-13-9(7)10(12)19/h1-3,14H,4-6H2,(H2,11,15)(H2,12,19). The predicted octanol–water partition coefficient (Wildman–Crippen LogP) is -1.50. The maximum absolute atomic E-state index is 12.0. The number of carbonyl (C=O) groups excluding carboxylic acids is 1. The van der Waals surface area contributed by atoms with E-state index in [-0.39, 0.29) is 35.3 Å². The molecule has 0 aromatic carbocycles. The van der Waals surface area contributed by atoms with Crippen LogP contribution in [0.15, 0.2) is 23.2 Å². The summed E-state index contributed by atoms with van der Waals surface area (Å²) in [5, 5.41) is 0. The second-order valence-corrected chi connectivity index (χ2v) is 5.81. The van der Waals surface area contributed by atoms with E-state index in [0.717, 1.165) is 0 Å². The van der Waals surface area contributed by atoms with Crippen LogP contribution in [0, 0.1) is 0 Å². The molecule has 10 heteroatoms. The first kappa shape index (κ1) is 16.4. The van der Waals surface area contributed by atoms with E-state index in [4.69, 9.17) is 28.4 Å². The maximum Gasteiger partial charge on any atom is 0.243 e. The normalized spacial score (nSPS) is 11.2. The van der Waals surface area contributed by atoms with Gasteiger partial charge < -0.3 is 16.2 Å². The van der Waals surface area contributed by atoms with Crippen molar-refractivity contribution >= 4 is 33.1 Å². The van der Waals surface area contributed by atoms with E-state index in [9.17, 15) is 13.2 Å². The third-order valence-corrected chi connectivity index (χ3v) is 3.76. The number of nitrogens with zero attached hydrogens (tertiary/aromatic N) is 1. The van der Waals surface area contributed by atoms with Crippen molar-refractivity contribution in [2.24, 2.45) is 11.5 Å². The van der Waals surface area contributed by atoms with Gasteiger partial charge in [-0.1, -0.05) is 12.2 Å². The molecule has 0 aliphatic heterocycles. The molecule has 8 nitrogen and oxygen atoms in total. The van der Waals surface area contributed by atoms with Crippen LogP contribution in [0.5, 0.6) is 0 Å². The largest absolute Gasteiger partial charge is 0.388 e. The summed E-state index contributed by atoms with van der Waals surface area (Å²) in [6.07, 6.45) is 1.39. The number of aromatic nitrogens is 1. The molecule has 0 unspecified atom stereocenters. The lowest BCUT2D eigenvalue weighted by molar-refractivity contribution is -0.122. The van der Waals surface area contributed by atoms with Crippen LogP contribution >= 0.6 is 12.2 Å². The number of thiocarbonyl (C=S) groups is 1. The van der Waals surface area contributed by atoms with Gasteiger partial charge in [-0.25, -0.2) is 13.1 Å². The Morgan fingerprint density at radius 2 is 2.15 bits per heavy atom. The number of nitrogens with two attached hydrogens (primary N) is 2. The number of pyridine rings is 1. The molecule has 0 aliphatic carbocycles. The monoisotopic (exact) mass is 318 g/mol. The van der Waals surface area contributed by atoms with Gasteiger partial charge in [0, 0.05) is 12.7 Å². The number of primary amides is 1. The number of ether oxygens (including phenoxy) is 1. The lowest BCUT2D eigenvalue weighted by Gasteiger charge is -2.09. The molecule has 0 aliphatic rings. The van der Waals surface area contributed by atoms with Crippen molar-refractivity contribution < 1.29 is 17.9 Å². The van der Waals surface area contributed by atoms with Crippen molar-refractivity contribution in [1.29, 1.82) is 0 Å². The topological polar surface area (TPSA) is 137 Å². The Kier molecular flexibility index (Phi) is 5.95. The number of amides is 1. The fourth-order valence-electron chi connectivity index (χ4n) is 1.29. The molecule has 0 saturated heterocycles. The zero-order valence-electron chi connectivity index (χ0n) is 10.4. The smallest absolute Gasteiger partial charge is 0.243 e. The number of rotatable bonds is 8. The zero-order chi connectivity index (χ0) is 15.2. The van der Waals surface area contributed by atoms with Gasteiger partial charge in [0.1, 0.15) is 22.2 Å². The second-order valence-electron chi connectivity index (χ2n) is 3.63. The molecule has 0 radical (unpaired) electrons. The van der Waals surface area contributed by atoms with E-state index in [0.29, 0.717) is 0 Å². The number of sulfonamides is 1. The first-order valence-electron chi connectivity index (χ1n) is 5.45.